The SMILES string of the molecule is Cc1cccc(NC(=O)c2ccc(-c3ccc(Br)cc3)o2)n1. The van der Waals surface area contributed by atoms with Gasteiger partial charge < -0.3 is 9.73 Å². The first-order valence-corrected chi connectivity index (χ1v) is 7.52. The Bertz CT molecular complexity index is 810. The summed E-state index contributed by atoms with van der Waals surface area (Å²) in [6, 6.07) is 16.6. The standard InChI is InChI=1S/C17H13BrN2O2/c1-11-3-2-4-16(19-11)20-17(21)15-10-9-14(22-15)12-5-7-13(18)8-6-12/h2-10H,1H3,(H,19,20,21). The van der Waals surface area contributed by atoms with Gasteiger partial charge in [-0.15, -0.1) is 0 Å². The predicted octanol–water partition coefficient (Wildman–Crippen LogP) is 4.66. The molecule has 0 spiro atoms. The van der Waals surface area contributed by atoms with E-state index in [0.29, 0.717) is 11.6 Å². The number of halogens is 1. The number of aromatic nitrogens is 1. The average molecular weight is 357 g/mol. The van der Waals surface area contributed by atoms with Gasteiger partial charge in [-0.05, 0) is 43.3 Å². The number of nitrogens with zero attached hydrogens (tertiary/aromatic N) is 1. The second-order valence-corrected chi connectivity index (χ2v) is 5.70. The Labute approximate surface area is 136 Å². The molecule has 0 aliphatic rings. The molecule has 0 fully saturated rings. The van der Waals surface area contributed by atoms with E-state index < -0.39 is 0 Å². The molecule has 3 rings (SSSR count). The lowest BCUT2D eigenvalue weighted by molar-refractivity contribution is 0.0997. The number of carbonyl (C=O) groups excluding carboxylic acids is 1. The number of hydrogen-bond donors (Lipinski definition) is 1. The quantitative estimate of drug-likeness (QED) is 0.741. The fourth-order valence-corrected chi connectivity index (χ4v) is 2.28. The molecule has 0 aliphatic heterocycles. The van der Waals surface area contributed by atoms with Crippen LogP contribution < -0.4 is 5.32 Å². The highest BCUT2D eigenvalue weighted by atomic mass is 79.9. The van der Waals surface area contributed by atoms with Crippen molar-refractivity contribution in [1.29, 1.82) is 0 Å². The van der Waals surface area contributed by atoms with Crippen LogP contribution >= 0.6 is 15.9 Å². The van der Waals surface area contributed by atoms with E-state index in [0.717, 1.165) is 15.7 Å². The molecule has 4 nitrogen and oxygen atoms in total. The molecule has 1 N–H and O–H groups in total. The Morgan fingerprint density at radius 1 is 1.09 bits per heavy atom. The number of pyridine rings is 1. The van der Waals surface area contributed by atoms with Gasteiger partial charge in [0.25, 0.3) is 5.91 Å². The second kappa shape index (κ2) is 6.15. The van der Waals surface area contributed by atoms with E-state index in [2.05, 4.69) is 26.2 Å². The molecule has 22 heavy (non-hydrogen) atoms. The van der Waals surface area contributed by atoms with Gasteiger partial charge >= 0.3 is 0 Å². The normalized spacial score (nSPS) is 10.5. The van der Waals surface area contributed by atoms with Gasteiger partial charge in [-0.3, -0.25) is 4.79 Å². The maximum atomic E-state index is 12.2. The van der Waals surface area contributed by atoms with Gasteiger partial charge in [-0.25, -0.2) is 4.98 Å². The molecule has 0 radical (unpaired) electrons. The number of furan rings is 1. The lowest BCUT2D eigenvalue weighted by atomic mass is 10.2. The van der Waals surface area contributed by atoms with Gasteiger partial charge in [0.15, 0.2) is 5.76 Å². The molecule has 0 unspecified atom stereocenters. The fraction of sp³-hybridized carbons (Fsp3) is 0.0588. The van der Waals surface area contributed by atoms with Gasteiger partial charge in [0.2, 0.25) is 0 Å². The van der Waals surface area contributed by atoms with Crippen molar-refractivity contribution in [2.24, 2.45) is 0 Å². The van der Waals surface area contributed by atoms with Crippen LogP contribution in [0.15, 0.2) is 63.5 Å². The van der Waals surface area contributed by atoms with Crippen molar-refractivity contribution in [3.8, 4) is 11.3 Å². The highest BCUT2D eigenvalue weighted by molar-refractivity contribution is 9.10. The summed E-state index contributed by atoms with van der Waals surface area (Å²) < 4.78 is 6.61. The molecule has 1 amide bonds. The summed E-state index contributed by atoms with van der Waals surface area (Å²) in [5.41, 5.74) is 1.75. The minimum atomic E-state index is -0.318. The zero-order chi connectivity index (χ0) is 15.5. The average Bonchev–Trinajstić information content (AvgIpc) is 2.98. The van der Waals surface area contributed by atoms with Crippen LogP contribution in [-0.4, -0.2) is 10.9 Å². The van der Waals surface area contributed by atoms with Crippen molar-refractivity contribution in [2.75, 3.05) is 5.32 Å². The maximum absolute atomic E-state index is 12.2. The zero-order valence-electron chi connectivity index (χ0n) is 11.8. The van der Waals surface area contributed by atoms with E-state index in [4.69, 9.17) is 4.42 Å². The smallest absolute Gasteiger partial charge is 0.292 e. The molecule has 0 saturated heterocycles. The molecule has 0 saturated carbocycles. The Kier molecular flexibility index (Phi) is 4.06. The first kappa shape index (κ1) is 14.5. The molecule has 0 aliphatic carbocycles. The Morgan fingerprint density at radius 3 is 2.59 bits per heavy atom. The third kappa shape index (κ3) is 3.26. The molecule has 5 heteroatoms. The minimum Gasteiger partial charge on any atom is -0.451 e. The molecule has 2 heterocycles. The van der Waals surface area contributed by atoms with Crippen molar-refractivity contribution >= 4 is 27.7 Å². The molecule has 3 aromatic rings. The number of aryl methyl sites for hydroxylation is 1. The third-order valence-corrected chi connectivity index (χ3v) is 3.62. The second-order valence-electron chi connectivity index (χ2n) is 4.79. The molecule has 0 bridgehead atoms. The lowest BCUT2D eigenvalue weighted by Gasteiger charge is -2.03. The summed E-state index contributed by atoms with van der Waals surface area (Å²) in [6.45, 7) is 1.87. The van der Waals surface area contributed by atoms with E-state index in [1.165, 1.54) is 0 Å². The number of nitrogens with one attached hydrogen (secondary N) is 1. The van der Waals surface area contributed by atoms with Crippen LogP contribution in [0.1, 0.15) is 16.2 Å². The van der Waals surface area contributed by atoms with Crippen molar-refractivity contribution in [2.45, 2.75) is 6.92 Å². The van der Waals surface area contributed by atoms with E-state index >= 15 is 0 Å². The number of hydrogen-bond acceptors (Lipinski definition) is 3. The van der Waals surface area contributed by atoms with E-state index in [9.17, 15) is 4.79 Å². The highest BCUT2D eigenvalue weighted by Gasteiger charge is 2.13. The maximum Gasteiger partial charge on any atom is 0.292 e. The van der Waals surface area contributed by atoms with Crippen molar-refractivity contribution < 1.29 is 9.21 Å². The minimum absolute atomic E-state index is 0.251. The summed E-state index contributed by atoms with van der Waals surface area (Å²) in [5, 5.41) is 2.72. The first-order valence-electron chi connectivity index (χ1n) is 6.72. The van der Waals surface area contributed by atoms with Crippen LogP contribution in [0.5, 0.6) is 0 Å². The molecule has 0 atom stereocenters. The van der Waals surface area contributed by atoms with Crippen molar-refractivity contribution in [1.82, 2.24) is 4.98 Å². The third-order valence-electron chi connectivity index (χ3n) is 3.09. The van der Waals surface area contributed by atoms with Crippen molar-refractivity contribution in [3.05, 3.63) is 70.5 Å². The Morgan fingerprint density at radius 2 is 1.86 bits per heavy atom. The van der Waals surface area contributed by atoms with E-state index in [1.54, 1.807) is 18.2 Å². The molecular weight excluding hydrogens is 344 g/mol. The molecule has 110 valence electrons. The largest absolute Gasteiger partial charge is 0.451 e. The van der Waals surface area contributed by atoms with Crippen molar-refractivity contribution in [3.63, 3.8) is 0 Å². The number of anilines is 1. The lowest BCUT2D eigenvalue weighted by Crippen LogP contribution is -2.12. The van der Waals surface area contributed by atoms with Crippen LogP contribution in [0.3, 0.4) is 0 Å². The number of amides is 1. The summed E-state index contributed by atoms with van der Waals surface area (Å²) in [5.74, 6) is 1.09. The van der Waals surface area contributed by atoms with Gasteiger partial charge in [0, 0.05) is 15.7 Å². The van der Waals surface area contributed by atoms with Crippen LogP contribution in [0, 0.1) is 6.92 Å². The zero-order valence-corrected chi connectivity index (χ0v) is 13.4. The van der Waals surface area contributed by atoms with Crippen LogP contribution in [-0.2, 0) is 0 Å². The molecule has 1 aromatic carbocycles. The van der Waals surface area contributed by atoms with Gasteiger partial charge in [-0.2, -0.15) is 0 Å². The number of carbonyl (C=O) groups is 1. The van der Waals surface area contributed by atoms with Crippen LogP contribution in [0.25, 0.3) is 11.3 Å². The monoisotopic (exact) mass is 356 g/mol. The number of rotatable bonds is 3. The molecule has 2 aromatic heterocycles. The fourth-order valence-electron chi connectivity index (χ4n) is 2.02. The van der Waals surface area contributed by atoms with Crippen LogP contribution in [0.2, 0.25) is 0 Å². The highest BCUT2D eigenvalue weighted by Crippen LogP contribution is 2.24. The predicted molar refractivity (Wildman–Crippen MR) is 88.8 cm³/mol. The van der Waals surface area contributed by atoms with Gasteiger partial charge in [0.05, 0.1) is 0 Å². The summed E-state index contributed by atoms with van der Waals surface area (Å²) >= 11 is 3.39. The van der Waals surface area contributed by atoms with E-state index in [-0.39, 0.29) is 11.7 Å². The van der Waals surface area contributed by atoms with Gasteiger partial charge in [-0.1, -0.05) is 34.1 Å². The summed E-state index contributed by atoms with van der Waals surface area (Å²) in [6.07, 6.45) is 0. The van der Waals surface area contributed by atoms with E-state index in [1.807, 2.05) is 43.3 Å². The molecular formula is C17H13BrN2O2. The summed E-state index contributed by atoms with van der Waals surface area (Å²) in [7, 11) is 0. The van der Waals surface area contributed by atoms with Crippen LogP contribution in [0.4, 0.5) is 5.82 Å². The number of benzene rings is 1. The topological polar surface area (TPSA) is 55.1 Å². The summed E-state index contributed by atoms with van der Waals surface area (Å²) in [4.78, 5) is 16.4. The van der Waals surface area contributed by atoms with Gasteiger partial charge in [0.1, 0.15) is 11.6 Å². The Balaban J connectivity index is 1.78. The first-order chi connectivity index (χ1) is 10.6. The Hall–Kier alpha value is -2.40.